The van der Waals surface area contributed by atoms with Crippen molar-refractivity contribution in [1.29, 1.82) is 0 Å². The summed E-state index contributed by atoms with van der Waals surface area (Å²) in [5.74, 6) is 1.39. The Bertz CT molecular complexity index is 849. The summed E-state index contributed by atoms with van der Waals surface area (Å²) >= 11 is 3.19. The van der Waals surface area contributed by atoms with Crippen LogP contribution >= 0.6 is 15.9 Å². The molecule has 0 heterocycles. The molecule has 0 aromatic heterocycles. The number of phenolic OH excluding ortho intramolecular Hbond substituents is 1. The summed E-state index contributed by atoms with van der Waals surface area (Å²) in [4.78, 5) is 20.9. The van der Waals surface area contributed by atoms with Crippen molar-refractivity contribution in [3.8, 4) is 23.0 Å². The summed E-state index contributed by atoms with van der Waals surface area (Å²) in [6, 6.07) is 9.34. The minimum Gasteiger partial charge on any atom is -0.504 e. The molecule has 0 aliphatic heterocycles. The summed E-state index contributed by atoms with van der Waals surface area (Å²) in [5, 5.41) is 9.81. The Kier molecular flexibility index (Phi) is 18.1. The van der Waals surface area contributed by atoms with Crippen molar-refractivity contribution in [2.75, 3.05) is 54.6 Å². The molecule has 0 atom stereocenters. The Morgan fingerprint density at radius 1 is 0.743 bits per heavy atom. The van der Waals surface area contributed by atoms with Crippen molar-refractivity contribution in [2.45, 2.75) is 12.6 Å². The Morgan fingerprint density at radius 3 is 1.63 bits per heavy atom. The van der Waals surface area contributed by atoms with Gasteiger partial charge in [0.05, 0.1) is 19.5 Å². The number of alkyl halides is 1. The third-order valence-electron chi connectivity index (χ3n) is 4.22. The molecule has 196 valence electrons. The van der Waals surface area contributed by atoms with Crippen molar-refractivity contribution in [3.63, 3.8) is 0 Å². The van der Waals surface area contributed by atoms with Gasteiger partial charge in [-0.1, -0.05) is 15.9 Å². The van der Waals surface area contributed by atoms with Gasteiger partial charge in [0.2, 0.25) is 0 Å². The summed E-state index contributed by atoms with van der Waals surface area (Å²) in [5.41, 5.74) is 1.02. The number of aromatic hydroxyl groups is 1. The number of aldehydes is 2. The molecule has 0 unspecified atom stereocenters. The number of hydrogen-bond donors (Lipinski definition) is 1. The zero-order valence-corrected chi connectivity index (χ0v) is 22.3. The lowest BCUT2D eigenvalue weighted by Gasteiger charge is -2.16. The Morgan fingerprint density at radius 2 is 1.23 bits per heavy atom. The van der Waals surface area contributed by atoms with Crippen molar-refractivity contribution < 1.29 is 47.9 Å². The second-order valence-corrected chi connectivity index (χ2v) is 6.99. The molecule has 1 N–H and O–H groups in total. The van der Waals surface area contributed by atoms with Gasteiger partial charge in [-0.3, -0.25) is 9.59 Å². The van der Waals surface area contributed by atoms with E-state index in [1.54, 1.807) is 32.4 Å². The highest BCUT2D eigenvalue weighted by Crippen LogP contribution is 2.28. The molecule has 0 spiro atoms. The predicted molar refractivity (Wildman–Crippen MR) is 133 cm³/mol. The van der Waals surface area contributed by atoms with Crippen molar-refractivity contribution >= 4 is 28.5 Å². The van der Waals surface area contributed by atoms with E-state index < -0.39 is 6.29 Å². The molecule has 10 nitrogen and oxygen atoms in total. The highest BCUT2D eigenvalue weighted by atomic mass is 79.9. The van der Waals surface area contributed by atoms with Gasteiger partial charge in [-0.2, -0.15) is 0 Å². The molecule has 11 heteroatoms. The lowest BCUT2D eigenvalue weighted by Crippen LogP contribution is -2.22. The van der Waals surface area contributed by atoms with E-state index in [9.17, 15) is 9.59 Å². The topological polar surface area (TPSA) is 119 Å². The molecule has 0 fully saturated rings. The van der Waals surface area contributed by atoms with E-state index in [4.69, 9.17) is 38.3 Å². The maximum absolute atomic E-state index is 10.6. The SMILES string of the molecule is COC(CBr)OC.COc1cc(C=O)ccc1O.COc1cc(C=O)ccc1OCC(OC)OC. The van der Waals surface area contributed by atoms with Crippen LogP contribution in [0.15, 0.2) is 36.4 Å². The van der Waals surface area contributed by atoms with Crippen LogP contribution in [0.1, 0.15) is 20.7 Å². The molecule has 0 bridgehead atoms. The number of halogens is 1. The van der Waals surface area contributed by atoms with E-state index in [2.05, 4.69) is 15.9 Å². The molecule has 0 radical (unpaired) electrons. The van der Waals surface area contributed by atoms with Crippen LogP contribution in [0, 0.1) is 0 Å². The second-order valence-electron chi connectivity index (χ2n) is 6.34. The van der Waals surface area contributed by atoms with E-state index in [-0.39, 0.29) is 18.6 Å². The highest BCUT2D eigenvalue weighted by molar-refractivity contribution is 9.09. The maximum atomic E-state index is 10.6. The minimum atomic E-state index is -0.439. The quantitative estimate of drug-likeness (QED) is 0.233. The molecule has 0 saturated heterocycles. The molecule has 0 amide bonds. The summed E-state index contributed by atoms with van der Waals surface area (Å²) in [7, 11) is 9.23. The van der Waals surface area contributed by atoms with Gasteiger partial charge in [0.25, 0.3) is 0 Å². The first-order valence-electron chi connectivity index (χ1n) is 10.1. The van der Waals surface area contributed by atoms with Gasteiger partial charge >= 0.3 is 0 Å². The van der Waals surface area contributed by atoms with Gasteiger partial charge in [0.15, 0.2) is 35.6 Å². The fourth-order valence-corrected chi connectivity index (χ4v) is 2.79. The lowest BCUT2D eigenvalue weighted by atomic mass is 10.2. The van der Waals surface area contributed by atoms with Gasteiger partial charge in [-0.15, -0.1) is 0 Å². The monoisotopic (exact) mass is 560 g/mol. The molecular formula is C24H33BrO10. The standard InChI is InChI=1S/C12H16O5.C8H8O3.C4H9BrO2/c1-14-11-6-9(7-13)4-5-10(11)17-8-12(15-2)16-3;1-11-8-4-6(5-9)2-3-7(8)10;1-6-4(3-5)7-2/h4-7,12H,8H2,1-3H3;2-5,10H,1H3;4H,3H2,1-2H3. The third kappa shape index (κ3) is 12.5. The number of ether oxygens (including phenoxy) is 7. The molecule has 0 aliphatic rings. The summed E-state index contributed by atoms with van der Waals surface area (Å²) < 4.78 is 34.9. The second kappa shape index (κ2) is 19.6. The van der Waals surface area contributed by atoms with E-state index in [1.807, 2.05) is 0 Å². The van der Waals surface area contributed by atoms with Crippen molar-refractivity contribution in [3.05, 3.63) is 47.5 Å². The van der Waals surface area contributed by atoms with Crippen molar-refractivity contribution in [1.82, 2.24) is 0 Å². The zero-order valence-electron chi connectivity index (χ0n) is 20.7. The minimum absolute atomic E-state index is 0.0399. The van der Waals surface area contributed by atoms with Gasteiger partial charge in [0.1, 0.15) is 19.2 Å². The predicted octanol–water partition coefficient (Wildman–Crippen LogP) is 3.72. The Balaban J connectivity index is 0.000000550. The first-order chi connectivity index (χ1) is 16.9. The molecule has 0 saturated carbocycles. The van der Waals surface area contributed by atoms with E-state index >= 15 is 0 Å². The molecular weight excluding hydrogens is 528 g/mol. The maximum Gasteiger partial charge on any atom is 0.191 e. The van der Waals surface area contributed by atoms with Crippen LogP contribution in [0.2, 0.25) is 0 Å². The molecule has 35 heavy (non-hydrogen) atoms. The molecule has 2 aromatic rings. The normalized spacial score (nSPS) is 9.97. The van der Waals surface area contributed by atoms with Crippen LogP contribution < -0.4 is 14.2 Å². The van der Waals surface area contributed by atoms with Crippen LogP contribution in [0.4, 0.5) is 0 Å². The van der Waals surface area contributed by atoms with Crippen molar-refractivity contribution in [2.24, 2.45) is 0 Å². The van der Waals surface area contributed by atoms with Crippen LogP contribution in [-0.4, -0.2) is 84.9 Å². The number of rotatable bonds is 12. The number of carbonyl (C=O) groups excluding carboxylic acids is 2. The average molecular weight is 561 g/mol. The Hall–Kier alpha value is -2.70. The largest absolute Gasteiger partial charge is 0.504 e. The van der Waals surface area contributed by atoms with Crippen LogP contribution in [0.3, 0.4) is 0 Å². The fourth-order valence-electron chi connectivity index (χ4n) is 2.26. The van der Waals surface area contributed by atoms with Gasteiger partial charge in [-0.25, -0.2) is 0 Å². The van der Waals surface area contributed by atoms with Gasteiger partial charge in [0, 0.05) is 39.6 Å². The van der Waals surface area contributed by atoms with E-state index in [0.717, 1.165) is 11.6 Å². The van der Waals surface area contributed by atoms with Crippen LogP contribution in [0.5, 0.6) is 23.0 Å². The number of phenols is 1. The van der Waals surface area contributed by atoms with Gasteiger partial charge in [-0.05, 0) is 36.4 Å². The average Bonchev–Trinajstić information content (AvgIpc) is 2.91. The summed E-state index contributed by atoms with van der Waals surface area (Å²) in [6.07, 6.45) is 0.909. The van der Waals surface area contributed by atoms with E-state index in [1.165, 1.54) is 46.6 Å². The smallest absolute Gasteiger partial charge is 0.191 e. The van der Waals surface area contributed by atoms with E-state index in [0.29, 0.717) is 34.7 Å². The Labute approximate surface area is 214 Å². The van der Waals surface area contributed by atoms with Crippen LogP contribution in [-0.2, 0) is 18.9 Å². The first kappa shape index (κ1) is 32.3. The molecule has 2 rings (SSSR count). The molecule has 0 aliphatic carbocycles. The van der Waals surface area contributed by atoms with Crippen LogP contribution in [0.25, 0.3) is 0 Å². The summed E-state index contributed by atoms with van der Waals surface area (Å²) in [6.45, 7) is 0.240. The molecule has 2 aromatic carbocycles. The number of hydrogen-bond acceptors (Lipinski definition) is 10. The fraction of sp³-hybridized carbons (Fsp3) is 0.417. The zero-order chi connectivity index (χ0) is 26.6. The first-order valence-corrected chi connectivity index (χ1v) is 11.2. The number of benzene rings is 2. The van der Waals surface area contributed by atoms with Gasteiger partial charge < -0.3 is 38.3 Å². The number of carbonyl (C=O) groups is 2. The third-order valence-corrected chi connectivity index (χ3v) is 4.74. The lowest BCUT2D eigenvalue weighted by molar-refractivity contribution is -0.122. The highest BCUT2D eigenvalue weighted by Gasteiger charge is 2.10. The number of methoxy groups -OCH3 is 6.